The molecule has 5 rings (SSSR count). The topological polar surface area (TPSA) is 105 Å². The summed E-state index contributed by atoms with van der Waals surface area (Å²) in [5.74, 6) is 0.163. The molecular weight excluding hydrogens is 414 g/mol. The average molecular weight is 431 g/mol. The molecule has 3 aromatic carbocycles. The second-order valence-electron chi connectivity index (χ2n) is 7.49. The van der Waals surface area contributed by atoms with Gasteiger partial charge in [0.05, 0.1) is 30.3 Å². The van der Waals surface area contributed by atoms with Crippen molar-refractivity contribution in [1.82, 2.24) is 0 Å². The van der Waals surface area contributed by atoms with E-state index in [4.69, 9.17) is 14.2 Å². The molecule has 32 heavy (non-hydrogen) atoms. The van der Waals surface area contributed by atoms with Crippen LogP contribution in [0.3, 0.4) is 0 Å². The Morgan fingerprint density at radius 3 is 2.00 bits per heavy atom. The maximum Gasteiger partial charge on any atom is 0.269 e. The lowest BCUT2D eigenvalue weighted by atomic mass is 9.81. The molecule has 0 amide bonds. The highest BCUT2D eigenvalue weighted by Gasteiger charge is 2.42. The molecule has 0 radical (unpaired) electrons. The molecule has 1 atom stereocenters. The summed E-state index contributed by atoms with van der Waals surface area (Å²) in [6, 6.07) is 12.7. The van der Waals surface area contributed by atoms with Gasteiger partial charge in [0.1, 0.15) is 11.9 Å². The quantitative estimate of drug-likeness (QED) is 0.354. The predicted molar refractivity (Wildman–Crippen MR) is 113 cm³/mol. The van der Waals surface area contributed by atoms with Crippen molar-refractivity contribution < 1.29 is 28.7 Å². The maximum atomic E-state index is 13.4. The van der Waals surface area contributed by atoms with E-state index in [9.17, 15) is 19.7 Å². The fourth-order valence-corrected chi connectivity index (χ4v) is 4.41. The van der Waals surface area contributed by atoms with Crippen molar-refractivity contribution in [3.05, 3.63) is 92.0 Å². The van der Waals surface area contributed by atoms with E-state index in [1.165, 1.54) is 26.4 Å². The highest BCUT2D eigenvalue weighted by molar-refractivity contribution is 6.30. The van der Waals surface area contributed by atoms with Crippen LogP contribution in [0.2, 0.25) is 0 Å². The standard InChI is InChI=1S/C24H17NO7/c1-30-22-16-11-17(12-7-9-13(10-8-12)25(28)29)32-23(16)24(31-2)19-18(22)20(26)14-5-3-4-6-15(14)21(19)27/h3-10,17H,11H2,1-2H3. The van der Waals surface area contributed by atoms with Crippen molar-refractivity contribution >= 4 is 17.3 Å². The normalized spacial score (nSPS) is 16.0. The molecule has 160 valence electrons. The van der Waals surface area contributed by atoms with Crippen molar-refractivity contribution in [1.29, 1.82) is 0 Å². The van der Waals surface area contributed by atoms with Crippen molar-refractivity contribution in [2.24, 2.45) is 0 Å². The van der Waals surface area contributed by atoms with E-state index in [0.29, 0.717) is 28.9 Å². The van der Waals surface area contributed by atoms with Gasteiger partial charge in [0, 0.05) is 35.2 Å². The lowest BCUT2D eigenvalue weighted by Gasteiger charge is -2.23. The summed E-state index contributed by atoms with van der Waals surface area (Å²) < 4.78 is 17.4. The zero-order valence-electron chi connectivity index (χ0n) is 17.2. The molecule has 0 aromatic heterocycles. The lowest BCUT2D eigenvalue weighted by molar-refractivity contribution is -0.384. The van der Waals surface area contributed by atoms with E-state index in [2.05, 4.69) is 0 Å². The van der Waals surface area contributed by atoms with Crippen LogP contribution in [0.5, 0.6) is 17.2 Å². The van der Waals surface area contributed by atoms with Gasteiger partial charge in [0.2, 0.25) is 0 Å². The Morgan fingerprint density at radius 1 is 0.906 bits per heavy atom. The first kappa shape index (κ1) is 19.7. The van der Waals surface area contributed by atoms with Crippen molar-refractivity contribution in [2.75, 3.05) is 14.2 Å². The second-order valence-corrected chi connectivity index (χ2v) is 7.49. The molecule has 8 heteroatoms. The summed E-state index contributed by atoms with van der Waals surface area (Å²) >= 11 is 0. The number of nitro groups is 1. The summed E-state index contributed by atoms with van der Waals surface area (Å²) in [5.41, 5.74) is 2.22. The first-order chi connectivity index (χ1) is 15.5. The van der Waals surface area contributed by atoms with E-state index in [0.717, 1.165) is 5.56 Å². The molecule has 0 saturated heterocycles. The summed E-state index contributed by atoms with van der Waals surface area (Å²) in [5, 5.41) is 11.0. The minimum atomic E-state index is -0.481. The molecule has 3 aromatic rings. The number of non-ortho nitro benzene ring substituents is 1. The number of nitrogens with zero attached hydrogens (tertiary/aromatic N) is 1. The number of benzene rings is 3. The number of nitro benzene ring substituents is 1. The zero-order valence-corrected chi connectivity index (χ0v) is 17.2. The first-order valence-corrected chi connectivity index (χ1v) is 9.86. The van der Waals surface area contributed by atoms with Gasteiger partial charge < -0.3 is 14.2 Å². The number of carbonyl (C=O) groups is 2. The third-order valence-electron chi connectivity index (χ3n) is 5.86. The summed E-state index contributed by atoms with van der Waals surface area (Å²) in [6.07, 6.45) is -0.131. The van der Waals surface area contributed by atoms with E-state index in [1.54, 1.807) is 36.4 Å². The summed E-state index contributed by atoms with van der Waals surface area (Å²) in [6.45, 7) is 0. The molecule has 1 aliphatic carbocycles. The number of fused-ring (bicyclic) bond motifs is 3. The predicted octanol–water partition coefficient (Wildman–Crippen LogP) is 4.06. The number of hydrogen-bond acceptors (Lipinski definition) is 7. The Balaban J connectivity index is 1.67. The summed E-state index contributed by atoms with van der Waals surface area (Å²) in [4.78, 5) is 37.2. The van der Waals surface area contributed by atoms with Crippen LogP contribution in [0.1, 0.15) is 49.1 Å². The van der Waals surface area contributed by atoms with Crippen LogP contribution in [0, 0.1) is 10.1 Å². The largest absolute Gasteiger partial charge is 0.496 e. The van der Waals surface area contributed by atoms with E-state index >= 15 is 0 Å². The number of ketones is 2. The van der Waals surface area contributed by atoms with Gasteiger partial charge in [-0.25, -0.2) is 0 Å². The molecule has 0 fully saturated rings. The smallest absolute Gasteiger partial charge is 0.269 e. The highest BCUT2D eigenvalue weighted by Crippen LogP contribution is 2.53. The van der Waals surface area contributed by atoms with Crippen LogP contribution in [-0.2, 0) is 6.42 Å². The average Bonchev–Trinajstić information content (AvgIpc) is 3.26. The number of hydrogen-bond donors (Lipinski definition) is 0. The Hall–Kier alpha value is -4.20. The summed E-state index contributed by atoms with van der Waals surface area (Å²) in [7, 11) is 2.86. The molecule has 8 nitrogen and oxygen atoms in total. The molecule has 0 bridgehead atoms. The molecule has 0 spiro atoms. The fourth-order valence-electron chi connectivity index (χ4n) is 4.41. The van der Waals surface area contributed by atoms with Crippen LogP contribution in [0.25, 0.3) is 0 Å². The number of methoxy groups -OCH3 is 2. The molecule has 0 saturated carbocycles. The number of carbonyl (C=O) groups excluding carboxylic acids is 2. The maximum absolute atomic E-state index is 13.4. The van der Waals surface area contributed by atoms with Gasteiger partial charge in [-0.2, -0.15) is 0 Å². The molecule has 2 aliphatic rings. The molecule has 1 aliphatic heterocycles. The van der Waals surface area contributed by atoms with Gasteiger partial charge in [0.15, 0.2) is 23.1 Å². The molecule has 1 unspecified atom stereocenters. The van der Waals surface area contributed by atoms with Gasteiger partial charge in [-0.3, -0.25) is 19.7 Å². The van der Waals surface area contributed by atoms with Crippen molar-refractivity contribution in [2.45, 2.75) is 12.5 Å². The minimum Gasteiger partial charge on any atom is -0.496 e. The van der Waals surface area contributed by atoms with Crippen molar-refractivity contribution in [3.8, 4) is 17.2 Å². The van der Waals surface area contributed by atoms with Gasteiger partial charge in [-0.1, -0.05) is 24.3 Å². The second kappa shape index (κ2) is 7.19. The minimum absolute atomic E-state index is 0.0242. The van der Waals surface area contributed by atoms with Crippen molar-refractivity contribution in [3.63, 3.8) is 0 Å². The van der Waals surface area contributed by atoms with E-state index in [1.807, 2.05) is 0 Å². The third-order valence-corrected chi connectivity index (χ3v) is 5.86. The fraction of sp³-hybridized carbons (Fsp3) is 0.167. The number of rotatable bonds is 4. The Labute approximate surface area is 182 Å². The third kappa shape index (κ3) is 2.69. The first-order valence-electron chi connectivity index (χ1n) is 9.86. The van der Waals surface area contributed by atoms with Crippen LogP contribution in [0.15, 0.2) is 48.5 Å². The van der Waals surface area contributed by atoms with E-state index < -0.39 is 11.0 Å². The van der Waals surface area contributed by atoms with Crippen LogP contribution >= 0.6 is 0 Å². The van der Waals surface area contributed by atoms with Gasteiger partial charge in [-0.05, 0) is 17.7 Å². The van der Waals surface area contributed by atoms with Crippen LogP contribution < -0.4 is 14.2 Å². The molecular formula is C24H17NO7. The van der Waals surface area contributed by atoms with E-state index in [-0.39, 0.29) is 39.9 Å². The number of ether oxygens (including phenoxy) is 3. The van der Waals surface area contributed by atoms with Crippen LogP contribution in [-0.4, -0.2) is 30.7 Å². The highest BCUT2D eigenvalue weighted by atomic mass is 16.6. The lowest BCUT2D eigenvalue weighted by Crippen LogP contribution is -2.23. The van der Waals surface area contributed by atoms with Gasteiger partial charge >= 0.3 is 0 Å². The van der Waals surface area contributed by atoms with Gasteiger partial charge in [-0.15, -0.1) is 0 Å². The van der Waals surface area contributed by atoms with Gasteiger partial charge in [0.25, 0.3) is 5.69 Å². The Bertz CT molecular complexity index is 1240. The SMILES string of the molecule is COc1c2c(c(OC)c3c1C(=O)c1ccccc1C3=O)OC(c1ccc([N+](=O)[O-])cc1)C2. The molecule has 1 heterocycles. The Morgan fingerprint density at radius 2 is 1.47 bits per heavy atom. The van der Waals surface area contributed by atoms with Crippen LogP contribution in [0.4, 0.5) is 5.69 Å². The molecule has 0 N–H and O–H groups in total. The Kier molecular flexibility index (Phi) is 4.44. The monoisotopic (exact) mass is 431 g/mol. The zero-order chi connectivity index (χ0) is 22.6.